The third-order valence-corrected chi connectivity index (χ3v) is 3.15. The summed E-state index contributed by atoms with van der Waals surface area (Å²) in [6.07, 6.45) is 3.25. The maximum absolute atomic E-state index is 12.3. The molecule has 0 aliphatic rings. The van der Waals surface area contributed by atoms with E-state index in [4.69, 9.17) is 0 Å². The summed E-state index contributed by atoms with van der Waals surface area (Å²) in [5, 5.41) is 14.4. The van der Waals surface area contributed by atoms with Gasteiger partial charge in [0.15, 0.2) is 5.82 Å². The number of pyridine rings is 1. The molecule has 2 aromatic heterocycles. The fourth-order valence-electron chi connectivity index (χ4n) is 2.06. The molecular weight excluding hydrogens is 280 g/mol. The first kappa shape index (κ1) is 13.9. The highest BCUT2D eigenvalue weighted by molar-refractivity contribution is 6.04. The lowest BCUT2D eigenvalue weighted by Gasteiger charge is -2.06. The molecule has 0 atom stereocenters. The van der Waals surface area contributed by atoms with Gasteiger partial charge in [-0.05, 0) is 41.6 Å². The van der Waals surface area contributed by atoms with Crippen molar-refractivity contribution in [3.8, 4) is 11.4 Å². The lowest BCUT2D eigenvalue weighted by atomic mass is 10.1. The predicted molar refractivity (Wildman–Crippen MR) is 81.1 cm³/mol. The van der Waals surface area contributed by atoms with E-state index in [2.05, 4.69) is 25.8 Å². The van der Waals surface area contributed by atoms with Crippen LogP contribution in [0.15, 0.2) is 48.8 Å². The van der Waals surface area contributed by atoms with Crippen LogP contribution in [0.25, 0.3) is 11.4 Å². The largest absolute Gasteiger partial charge is 0.322 e. The topological polar surface area (TPSA) is 85.6 Å². The maximum atomic E-state index is 12.3. The minimum Gasteiger partial charge on any atom is -0.322 e. The Morgan fingerprint density at radius 2 is 2.05 bits per heavy atom. The molecule has 0 aliphatic carbocycles. The van der Waals surface area contributed by atoms with Crippen molar-refractivity contribution in [2.75, 3.05) is 5.32 Å². The number of anilines is 1. The molecule has 7 heteroatoms. The van der Waals surface area contributed by atoms with E-state index in [-0.39, 0.29) is 5.91 Å². The van der Waals surface area contributed by atoms with Gasteiger partial charge >= 0.3 is 0 Å². The lowest BCUT2D eigenvalue weighted by Crippen LogP contribution is -2.12. The Morgan fingerprint density at radius 1 is 1.23 bits per heavy atom. The van der Waals surface area contributed by atoms with Gasteiger partial charge in [0.05, 0.1) is 0 Å². The third-order valence-electron chi connectivity index (χ3n) is 3.15. The molecule has 110 valence electrons. The highest BCUT2D eigenvalue weighted by Gasteiger charge is 2.11. The molecule has 3 aromatic rings. The number of hydrogen-bond acceptors (Lipinski definition) is 5. The SMILES string of the molecule is CCn1nnnc1-c1cccc(C(=O)Nc2ccncc2)c1. The standard InChI is InChI=1S/C15H14N6O/c1-2-21-14(18-19-20-21)11-4-3-5-12(10-11)15(22)17-13-6-8-16-9-7-13/h3-10H,2H2,1H3,(H,16,17,22). The summed E-state index contributed by atoms with van der Waals surface area (Å²) >= 11 is 0. The monoisotopic (exact) mass is 294 g/mol. The number of aryl methyl sites for hydroxylation is 1. The zero-order chi connectivity index (χ0) is 15.4. The van der Waals surface area contributed by atoms with Gasteiger partial charge in [0.2, 0.25) is 0 Å². The lowest BCUT2D eigenvalue weighted by molar-refractivity contribution is 0.102. The summed E-state index contributed by atoms with van der Waals surface area (Å²) in [4.78, 5) is 16.2. The van der Waals surface area contributed by atoms with E-state index in [0.717, 1.165) is 5.56 Å². The first-order chi connectivity index (χ1) is 10.8. The summed E-state index contributed by atoms with van der Waals surface area (Å²) in [7, 11) is 0. The predicted octanol–water partition coefficient (Wildman–Crippen LogP) is 2.01. The van der Waals surface area contributed by atoms with E-state index in [9.17, 15) is 4.79 Å². The molecule has 0 fully saturated rings. The second-order valence-corrected chi connectivity index (χ2v) is 4.59. The van der Waals surface area contributed by atoms with Crippen molar-refractivity contribution in [1.29, 1.82) is 0 Å². The number of benzene rings is 1. The molecule has 22 heavy (non-hydrogen) atoms. The van der Waals surface area contributed by atoms with Crippen molar-refractivity contribution in [3.05, 3.63) is 54.4 Å². The highest BCUT2D eigenvalue weighted by Crippen LogP contribution is 2.18. The number of hydrogen-bond donors (Lipinski definition) is 1. The van der Waals surface area contributed by atoms with Gasteiger partial charge in [-0.2, -0.15) is 0 Å². The minimum atomic E-state index is -0.191. The highest BCUT2D eigenvalue weighted by atomic mass is 16.1. The molecule has 0 unspecified atom stereocenters. The molecule has 3 rings (SSSR count). The molecule has 0 radical (unpaired) electrons. The number of tetrazole rings is 1. The second kappa shape index (κ2) is 6.13. The number of carbonyl (C=O) groups excluding carboxylic acids is 1. The Balaban J connectivity index is 1.86. The first-order valence-corrected chi connectivity index (χ1v) is 6.86. The minimum absolute atomic E-state index is 0.191. The van der Waals surface area contributed by atoms with Gasteiger partial charge in [0.25, 0.3) is 5.91 Å². The summed E-state index contributed by atoms with van der Waals surface area (Å²) < 4.78 is 1.68. The Morgan fingerprint density at radius 3 is 2.82 bits per heavy atom. The molecule has 7 nitrogen and oxygen atoms in total. The van der Waals surface area contributed by atoms with Crippen LogP contribution in [0.1, 0.15) is 17.3 Å². The Bertz CT molecular complexity index is 783. The zero-order valence-corrected chi connectivity index (χ0v) is 12.0. The van der Waals surface area contributed by atoms with Gasteiger partial charge in [-0.25, -0.2) is 4.68 Å². The molecule has 1 aromatic carbocycles. The van der Waals surface area contributed by atoms with Crippen molar-refractivity contribution in [2.24, 2.45) is 0 Å². The number of amides is 1. The van der Waals surface area contributed by atoms with Crippen LogP contribution in [0.4, 0.5) is 5.69 Å². The van der Waals surface area contributed by atoms with E-state index >= 15 is 0 Å². The van der Waals surface area contributed by atoms with Gasteiger partial charge < -0.3 is 5.32 Å². The maximum Gasteiger partial charge on any atom is 0.255 e. The molecule has 1 amide bonds. The van der Waals surface area contributed by atoms with E-state index in [1.54, 1.807) is 41.3 Å². The molecule has 1 N–H and O–H groups in total. The molecule has 0 spiro atoms. The van der Waals surface area contributed by atoms with Crippen LogP contribution in [0, 0.1) is 0 Å². The van der Waals surface area contributed by atoms with Gasteiger partial charge in [-0.1, -0.05) is 12.1 Å². The van der Waals surface area contributed by atoms with Crippen LogP contribution in [-0.4, -0.2) is 31.1 Å². The molecule has 0 saturated heterocycles. The van der Waals surface area contributed by atoms with Crippen molar-refractivity contribution in [2.45, 2.75) is 13.5 Å². The average Bonchev–Trinajstić information content (AvgIpc) is 3.04. The summed E-state index contributed by atoms with van der Waals surface area (Å²) in [6, 6.07) is 10.7. The molecular formula is C15H14N6O. The van der Waals surface area contributed by atoms with E-state index in [1.165, 1.54) is 0 Å². The van der Waals surface area contributed by atoms with Crippen LogP contribution in [0.2, 0.25) is 0 Å². The quantitative estimate of drug-likeness (QED) is 0.795. The van der Waals surface area contributed by atoms with Crippen LogP contribution in [-0.2, 0) is 6.54 Å². The van der Waals surface area contributed by atoms with Crippen LogP contribution in [0.3, 0.4) is 0 Å². The van der Waals surface area contributed by atoms with Gasteiger partial charge in [0, 0.05) is 35.8 Å². The van der Waals surface area contributed by atoms with Gasteiger partial charge in [-0.3, -0.25) is 9.78 Å². The molecule has 0 bridgehead atoms. The van der Waals surface area contributed by atoms with Crippen molar-refractivity contribution in [3.63, 3.8) is 0 Å². The Labute approximate surface area is 127 Å². The van der Waals surface area contributed by atoms with Crippen molar-refractivity contribution in [1.82, 2.24) is 25.2 Å². The fourth-order valence-corrected chi connectivity index (χ4v) is 2.06. The third kappa shape index (κ3) is 2.83. The second-order valence-electron chi connectivity index (χ2n) is 4.59. The first-order valence-electron chi connectivity index (χ1n) is 6.86. The molecule has 0 aliphatic heterocycles. The number of rotatable bonds is 4. The average molecular weight is 294 g/mol. The zero-order valence-electron chi connectivity index (χ0n) is 12.0. The smallest absolute Gasteiger partial charge is 0.255 e. The van der Waals surface area contributed by atoms with Gasteiger partial charge in [0.1, 0.15) is 0 Å². The molecule has 2 heterocycles. The van der Waals surface area contributed by atoms with Crippen molar-refractivity contribution >= 4 is 11.6 Å². The summed E-state index contributed by atoms with van der Waals surface area (Å²) in [5.41, 5.74) is 2.04. The number of carbonyl (C=O) groups is 1. The summed E-state index contributed by atoms with van der Waals surface area (Å²) in [6.45, 7) is 2.62. The van der Waals surface area contributed by atoms with Crippen LogP contribution < -0.4 is 5.32 Å². The van der Waals surface area contributed by atoms with E-state index in [0.29, 0.717) is 23.6 Å². The normalized spacial score (nSPS) is 10.4. The van der Waals surface area contributed by atoms with E-state index < -0.39 is 0 Å². The Hall–Kier alpha value is -3.09. The number of aromatic nitrogens is 5. The van der Waals surface area contributed by atoms with Crippen LogP contribution >= 0.6 is 0 Å². The Kier molecular flexibility index (Phi) is 3.86. The summed E-state index contributed by atoms with van der Waals surface area (Å²) in [5.74, 6) is 0.449. The van der Waals surface area contributed by atoms with Gasteiger partial charge in [-0.15, -0.1) is 5.10 Å². The number of nitrogens with zero attached hydrogens (tertiary/aromatic N) is 5. The van der Waals surface area contributed by atoms with E-state index in [1.807, 2.05) is 19.1 Å². The van der Waals surface area contributed by atoms with Crippen molar-refractivity contribution < 1.29 is 4.79 Å². The van der Waals surface area contributed by atoms with Crippen LogP contribution in [0.5, 0.6) is 0 Å². The fraction of sp³-hybridized carbons (Fsp3) is 0.133. The number of nitrogens with one attached hydrogen (secondary N) is 1. The molecule has 0 saturated carbocycles.